The van der Waals surface area contributed by atoms with Crippen LogP contribution in [0.4, 0.5) is 0 Å². The molecular weight excluding hydrogens is 322 g/mol. The van der Waals surface area contributed by atoms with Crippen molar-refractivity contribution in [2.45, 2.75) is 26.3 Å². The highest BCUT2D eigenvalue weighted by atomic mass is 35.5. The fraction of sp³-hybridized carbons (Fsp3) is 0.211. The van der Waals surface area contributed by atoms with E-state index in [2.05, 4.69) is 21.4 Å². The van der Waals surface area contributed by atoms with Crippen molar-refractivity contribution in [2.75, 3.05) is 0 Å². The lowest BCUT2D eigenvalue weighted by atomic mass is 10.0. The maximum Gasteiger partial charge on any atom is 0.251 e. The molecule has 24 heavy (non-hydrogen) atoms. The smallest absolute Gasteiger partial charge is 0.251 e. The van der Waals surface area contributed by atoms with Gasteiger partial charge in [-0.15, -0.1) is 0 Å². The first-order chi connectivity index (χ1) is 11.5. The van der Waals surface area contributed by atoms with E-state index in [1.54, 1.807) is 18.5 Å². The summed E-state index contributed by atoms with van der Waals surface area (Å²) in [5.74, 6) is -0.0804. The summed E-state index contributed by atoms with van der Waals surface area (Å²) < 4.78 is 0. The van der Waals surface area contributed by atoms with Crippen molar-refractivity contribution in [1.29, 1.82) is 0 Å². The summed E-state index contributed by atoms with van der Waals surface area (Å²) in [4.78, 5) is 20.8. The second-order valence-corrected chi connectivity index (χ2v) is 6.46. The number of rotatable bonds is 4. The Balaban J connectivity index is 1.84. The number of nitrogens with one attached hydrogen (secondary N) is 1. The minimum Gasteiger partial charge on any atom is -0.350 e. The van der Waals surface area contributed by atoms with Gasteiger partial charge in [-0.1, -0.05) is 17.7 Å². The lowest BCUT2D eigenvalue weighted by molar-refractivity contribution is 0.0943. The molecule has 3 aromatic rings. The summed E-state index contributed by atoms with van der Waals surface area (Å²) in [6.07, 6.45) is 3.96. The van der Waals surface area contributed by atoms with Gasteiger partial charge in [0, 0.05) is 41.5 Å². The van der Waals surface area contributed by atoms with E-state index in [1.165, 1.54) is 0 Å². The van der Waals surface area contributed by atoms with Crippen LogP contribution in [0.1, 0.15) is 35.5 Å². The fourth-order valence-corrected chi connectivity index (χ4v) is 2.70. The Morgan fingerprint density at radius 3 is 2.79 bits per heavy atom. The lowest BCUT2D eigenvalue weighted by Crippen LogP contribution is -2.30. The second kappa shape index (κ2) is 6.97. The van der Waals surface area contributed by atoms with Crippen molar-refractivity contribution >= 4 is 28.4 Å². The van der Waals surface area contributed by atoms with Crippen LogP contribution < -0.4 is 5.32 Å². The third-order valence-electron chi connectivity index (χ3n) is 3.60. The highest BCUT2D eigenvalue weighted by Crippen LogP contribution is 2.19. The van der Waals surface area contributed by atoms with E-state index in [0.717, 1.165) is 22.2 Å². The molecule has 5 heteroatoms. The molecule has 0 bridgehead atoms. The first kappa shape index (κ1) is 16.4. The number of halogens is 1. The molecule has 1 aromatic carbocycles. The van der Waals surface area contributed by atoms with E-state index in [-0.39, 0.29) is 11.9 Å². The van der Waals surface area contributed by atoms with Crippen LogP contribution in [0, 0.1) is 0 Å². The summed E-state index contributed by atoms with van der Waals surface area (Å²) in [6, 6.07) is 11.6. The molecule has 1 amide bonds. The SMILES string of the molecule is CC(C)NC(=O)c1ccnc(Cc2ccc3ncc(Cl)cc3c2)c1. The summed E-state index contributed by atoms with van der Waals surface area (Å²) in [5.41, 5.74) is 3.47. The maximum atomic E-state index is 12.1. The Labute approximate surface area is 145 Å². The zero-order valence-electron chi connectivity index (χ0n) is 13.6. The molecule has 0 radical (unpaired) electrons. The van der Waals surface area contributed by atoms with Crippen LogP contribution in [-0.2, 0) is 6.42 Å². The van der Waals surface area contributed by atoms with Gasteiger partial charge in [-0.25, -0.2) is 0 Å². The molecule has 0 saturated heterocycles. The van der Waals surface area contributed by atoms with Crippen LogP contribution in [0.5, 0.6) is 0 Å². The summed E-state index contributed by atoms with van der Waals surface area (Å²) in [5, 5.41) is 4.50. The van der Waals surface area contributed by atoms with E-state index in [9.17, 15) is 4.79 Å². The van der Waals surface area contributed by atoms with Crippen LogP contribution >= 0.6 is 11.6 Å². The molecule has 0 aliphatic carbocycles. The molecular formula is C19H18ClN3O. The van der Waals surface area contributed by atoms with Crippen molar-refractivity contribution in [3.63, 3.8) is 0 Å². The number of pyridine rings is 2. The number of hydrogen-bond acceptors (Lipinski definition) is 3. The van der Waals surface area contributed by atoms with Crippen LogP contribution in [0.25, 0.3) is 10.9 Å². The minimum absolute atomic E-state index is 0.0804. The van der Waals surface area contributed by atoms with Gasteiger partial charge in [0.1, 0.15) is 0 Å². The highest BCUT2D eigenvalue weighted by molar-refractivity contribution is 6.31. The Bertz CT molecular complexity index is 893. The molecule has 4 nitrogen and oxygen atoms in total. The van der Waals surface area contributed by atoms with Gasteiger partial charge in [0.2, 0.25) is 0 Å². The molecule has 0 unspecified atom stereocenters. The van der Waals surface area contributed by atoms with Gasteiger partial charge in [0.15, 0.2) is 0 Å². The average Bonchev–Trinajstić information content (AvgIpc) is 2.54. The second-order valence-electron chi connectivity index (χ2n) is 6.02. The Morgan fingerprint density at radius 1 is 1.17 bits per heavy atom. The lowest BCUT2D eigenvalue weighted by Gasteiger charge is -2.09. The van der Waals surface area contributed by atoms with Gasteiger partial charge in [-0.05, 0) is 49.7 Å². The van der Waals surface area contributed by atoms with Gasteiger partial charge >= 0.3 is 0 Å². The molecule has 2 aromatic heterocycles. The predicted octanol–water partition coefficient (Wildman–Crippen LogP) is 4.01. The molecule has 0 spiro atoms. The third kappa shape index (κ3) is 3.89. The minimum atomic E-state index is -0.0804. The van der Waals surface area contributed by atoms with Gasteiger partial charge < -0.3 is 5.32 Å². The van der Waals surface area contributed by atoms with Crippen LogP contribution in [0.3, 0.4) is 0 Å². The number of carbonyl (C=O) groups excluding carboxylic acids is 1. The molecule has 0 fully saturated rings. The standard InChI is InChI=1S/C19H18ClN3O/c1-12(2)23-19(24)14-5-6-21-17(10-14)8-13-3-4-18-15(7-13)9-16(20)11-22-18/h3-7,9-12H,8H2,1-2H3,(H,23,24). The number of fused-ring (bicyclic) bond motifs is 1. The number of amides is 1. The average molecular weight is 340 g/mol. The normalized spacial score (nSPS) is 11.0. The molecule has 0 aliphatic heterocycles. The number of hydrogen-bond donors (Lipinski definition) is 1. The van der Waals surface area contributed by atoms with Crippen molar-refractivity contribution in [1.82, 2.24) is 15.3 Å². The van der Waals surface area contributed by atoms with Crippen LogP contribution in [0.2, 0.25) is 5.02 Å². The van der Waals surface area contributed by atoms with E-state index < -0.39 is 0 Å². The van der Waals surface area contributed by atoms with Crippen molar-refractivity contribution < 1.29 is 4.79 Å². The number of benzene rings is 1. The first-order valence-corrected chi connectivity index (χ1v) is 8.19. The summed E-state index contributed by atoms with van der Waals surface area (Å²) >= 11 is 6.01. The maximum absolute atomic E-state index is 12.1. The molecule has 0 saturated carbocycles. The van der Waals surface area contributed by atoms with Crippen LogP contribution in [-0.4, -0.2) is 21.9 Å². The number of nitrogens with zero attached hydrogens (tertiary/aromatic N) is 2. The number of carbonyl (C=O) groups is 1. The van der Waals surface area contributed by atoms with Gasteiger partial charge in [0.05, 0.1) is 10.5 Å². The fourth-order valence-electron chi connectivity index (χ4n) is 2.53. The van der Waals surface area contributed by atoms with E-state index in [1.807, 2.05) is 38.1 Å². The molecule has 2 heterocycles. The van der Waals surface area contributed by atoms with Crippen LogP contribution in [0.15, 0.2) is 48.8 Å². The largest absolute Gasteiger partial charge is 0.350 e. The van der Waals surface area contributed by atoms with E-state index in [0.29, 0.717) is 17.0 Å². The molecule has 0 atom stereocenters. The molecule has 3 rings (SSSR count). The number of aromatic nitrogens is 2. The first-order valence-electron chi connectivity index (χ1n) is 7.81. The van der Waals surface area contributed by atoms with E-state index >= 15 is 0 Å². The highest BCUT2D eigenvalue weighted by Gasteiger charge is 2.09. The molecule has 0 aliphatic rings. The Morgan fingerprint density at radius 2 is 2.00 bits per heavy atom. The Hall–Kier alpha value is -2.46. The van der Waals surface area contributed by atoms with Gasteiger partial charge in [-0.2, -0.15) is 0 Å². The zero-order valence-corrected chi connectivity index (χ0v) is 14.3. The Kier molecular flexibility index (Phi) is 4.76. The quantitative estimate of drug-likeness (QED) is 0.781. The topological polar surface area (TPSA) is 54.9 Å². The monoisotopic (exact) mass is 339 g/mol. The molecule has 1 N–H and O–H groups in total. The predicted molar refractivity (Wildman–Crippen MR) is 96.4 cm³/mol. The van der Waals surface area contributed by atoms with Gasteiger partial charge in [-0.3, -0.25) is 14.8 Å². The molecule has 122 valence electrons. The van der Waals surface area contributed by atoms with Gasteiger partial charge in [0.25, 0.3) is 5.91 Å². The summed E-state index contributed by atoms with van der Waals surface area (Å²) in [6.45, 7) is 3.88. The van der Waals surface area contributed by atoms with E-state index in [4.69, 9.17) is 11.6 Å². The third-order valence-corrected chi connectivity index (χ3v) is 3.80. The zero-order chi connectivity index (χ0) is 17.1. The van der Waals surface area contributed by atoms with Crippen molar-refractivity contribution in [3.8, 4) is 0 Å². The van der Waals surface area contributed by atoms with Crippen molar-refractivity contribution in [2.24, 2.45) is 0 Å². The summed E-state index contributed by atoms with van der Waals surface area (Å²) in [7, 11) is 0. The van der Waals surface area contributed by atoms with Crippen molar-refractivity contribution in [3.05, 3.63) is 70.6 Å².